The van der Waals surface area contributed by atoms with Gasteiger partial charge in [0.15, 0.2) is 0 Å². The van der Waals surface area contributed by atoms with Crippen LogP contribution in [0.5, 0.6) is 5.75 Å². The zero-order chi connectivity index (χ0) is 19.6. The van der Waals surface area contributed by atoms with E-state index in [1.165, 1.54) is 72.7 Å². The molecule has 1 aliphatic carbocycles. The summed E-state index contributed by atoms with van der Waals surface area (Å²) in [6.07, 6.45) is 8.88. The molecule has 1 fully saturated rings. The first-order valence-electron chi connectivity index (χ1n) is 11.3. The summed E-state index contributed by atoms with van der Waals surface area (Å²) in [5.41, 5.74) is 5.77. The van der Waals surface area contributed by atoms with Gasteiger partial charge in [0.2, 0.25) is 0 Å². The number of aryl methyl sites for hydroxylation is 1. The minimum absolute atomic E-state index is 0.665. The second-order valence-corrected chi connectivity index (χ2v) is 8.96. The average molecular weight is 389 g/mol. The summed E-state index contributed by atoms with van der Waals surface area (Å²) in [4.78, 5) is 3.65. The van der Waals surface area contributed by atoms with Crippen molar-refractivity contribution in [1.82, 2.24) is 10.3 Å². The highest BCUT2D eigenvalue weighted by Gasteiger charge is 2.26. The number of fused-ring (bicyclic) bond motifs is 3. The van der Waals surface area contributed by atoms with Crippen molar-refractivity contribution < 1.29 is 4.74 Å². The maximum absolute atomic E-state index is 5.46. The zero-order valence-corrected chi connectivity index (χ0v) is 17.4. The van der Waals surface area contributed by atoms with Crippen LogP contribution in [0.4, 0.5) is 0 Å². The van der Waals surface area contributed by atoms with Crippen LogP contribution in [0.1, 0.15) is 54.8 Å². The molecule has 3 aromatic rings. The predicted octanol–water partition coefficient (Wildman–Crippen LogP) is 5.60. The van der Waals surface area contributed by atoms with E-state index < -0.39 is 0 Å². The molecule has 3 unspecified atom stereocenters. The van der Waals surface area contributed by atoms with Gasteiger partial charge in [-0.25, -0.2) is 0 Å². The van der Waals surface area contributed by atoms with Crippen LogP contribution in [0.15, 0.2) is 48.5 Å². The minimum atomic E-state index is 0.665. The summed E-state index contributed by atoms with van der Waals surface area (Å²) < 4.78 is 5.46. The maximum Gasteiger partial charge on any atom is 0.119 e. The summed E-state index contributed by atoms with van der Waals surface area (Å²) in [6.45, 7) is 1.15. The van der Waals surface area contributed by atoms with Crippen LogP contribution < -0.4 is 10.1 Å². The van der Waals surface area contributed by atoms with Crippen molar-refractivity contribution in [2.75, 3.05) is 13.7 Å². The number of hydrogen-bond donors (Lipinski definition) is 2. The first-order valence-corrected chi connectivity index (χ1v) is 11.3. The van der Waals surface area contributed by atoms with Gasteiger partial charge in [0.05, 0.1) is 7.11 Å². The van der Waals surface area contributed by atoms with Gasteiger partial charge >= 0.3 is 0 Å². The third-order valence-corrected chi connectivity index (χ3v) is 7.19. The first kappa shape index (κ1) is 18.7. The van der Waals surface area contributed by atoms with E-state index in [2.05, 4.69) is 58.8 Å². The lowest BCUT2D eigenvalue weighted by Gasteiger charge is -2.32. The zero-order valence-electron chi connectivity index (χ0n) is 17.4. The number of nitrogens with one attached hydrogen (secondary N) is 2. The Morgan fingerprint density at radius 1 is 1.03 bits per heavy atom. The van der Waals surface area contributed by atoms with Gasteiger partial charge < -0.3 is 15.0 Å². The summed E-state index contributed by atoms with van der Waals surface area (Å²) in [7, 11) is 1.75. The van der Waals surface area contributed by atoms with Crippen molar-refractivity contribution in [1.29, 1.82) is 0 Å². The van der Waals surface area contributed by atoms with Gasteiger partial charge in [-0.15, -0.1) is 0 Å². The topological polar surface area (TPSA) is 37.0 Å². The second-order valence-electron chi connectivity index (χ2n) is 8.96. The number of piperidine rings is 1. The lowest BCUT2D eigenvalue weighted by atomic mass is 9.80. The Kier molecular flexibility index (Phi) is 5.32. The van der Waals surface area contributed by atoms with Gasteiger partial charge in [-0.2, -0.15) is 0 Å². The number of methoxy groups -OCH3 is 1. The molecule has 0 radical (unpaired) electrons. The van der Waals surface area contributed by atoms with E-state index in [4.69, 9.17) is 4.74 Å². The minimum Gasteiger partial charge on any atom is -0.497 e. The third-order valence-electron chi connectivity index (χ3n) is 7.19. The second kappa shape index (κ2) is 8.23. The van der Waals surface area contributed by atoms with Gasteiger partial charge in [-0.1, -0.05) is 30.3 Å². The average Bonchev–Trinajstić information content (AvgIpc) is 3.15. The van der Waals surface area contributed by atoms with E-state index in [1.807, 2.05) is 0 Å². The molecule has 2 N–H and O–H groups in total. The fourth-order valence-corrected chi connectivity index (χ4v) is 5.53. The molecule has 0 spiro atoms. The highest BCUT2D eigenvalue weighted by Crippen LogP contribution is 2.36. The molecule has 3 nitrogen and oxygen atoms in total. The van der Waals surface area contributed by atoms with Gasteiger partial charge in [0.1, 0.15) is 5.75 Å². The number of benzene rings is 2. The molecule has 0 bridgehead atoms. The number of rotatable bonds is 5. The predicted molar refractivity (Wildman–Crippen MR) is 120 cm³/mol. The third kappa shape index (κ3) is 3.93. The Bertz CT molecular complexity index is 962. The van der Waals surface area contributed by atoms with Crippen molar-refractivity contribution in [3.8, 4) is 5.75 Å². The molecule has 2 aliphatic rings. The van der Waals surface area contributed by atoms with Crippen LogP contribution in [0.2, 0.25) is 0 Å². The molecule has 3 atom stereocenters. The molecular formula is C26H32N2O. The fraction of sp³-hybridized carbons (Fsp3) is 0.462. The molecule has 1 saturated heterocycles. The standard InChI is InChI=1S/C26H32N2O/c1-29-22-10-12-26-24(17-22)23-15-18(8-11-25(23)28-26)7-9-21-16-20(13-14-27-21)19-5-3-2-4-6-19/h2-6,10,12,17-18,20-21,27-28H,7-9,11,13-16H2,1H3. The monoisotopic (exact) mass is 388 g/mol. The first-order chi connectivity index (χ1) is 14.3. The van der Waals surface area contributed by atoms with Gasteiger partial charge in [-0.3, -0.25) is 0 Å². The Labute approximate surface area is 173 Å². The van der Waals surface area contributed by atoms with E-state index in [9.17, 15) is 0 Å². The fourth-order valence-electron chi connectivity index (χ4n) is 5.53. The Hall–Kier alpha value is -2.26. The van der Waals surface area contributed by atoms with E-state index >= 15 is 0 Å². The quantitative estimate of drug-likeness (QED) is 0.597. The van der Waals surface area contributed by atoms with E-state index in [0.29, 0.717) is 6.04 Å². The molecule has 1 aromatic heterocycles. The smallest absolute Gasteiger partial charge is 0.119 e. The lowest BCUT2D eigenvalue weighted by molar-refractivity contribution is 0.310. The molecule has 152 valence electrons. The highest BCUT2D eigenvalue weighted by atomic mass is 16.5. The molecule has 3 heteroatoms. The Balaban J connectivity index is 1.22. The van der Waals surface area contributed by atoms with Gasteiger partial charge in [0, 0.05) is 22.6 Å². The van der Waals surface area contributed by atoms with E-state index in [1.54, 1.807) is 7.11 Å². The van der Waals surface area contributed by atoms with Gasteiger partial charge in [-0.05, 0) is 92.7 Å². The number of aromatic amines is 1. The van der Waals surface area contributed by atoms with Crippen LogP contribution in [-0.4, -0.2) is 24.7 Å². The summed E-state index contributed by atoms with van der Waals surface area (Å²) in [6, 6.07) is 18.2. The molecular weight excluding hydrogens is 356 g/mol. The maximum atomic E-state index is 5.46. The molecule has 29 heavy (non-hydrogen) atoms. The molecule has 2 aromatic carbocycles. The Morgan fingerprint density at radius 2 is 1.93 bits per heavy atom. The normalized spacial score (nSPS) is 24.4. The van der Waals surface area contributed by atoms with E-state index in [-0.39, 0.29) is 0 Å². The summed E-state index contributed by atoms with van der Waals surface area (Å²) in [5.74, 6) is 2.48. The molecule has 0 saturated carbocycles. The number of ether oxygens (including phenoxy) is 1. The number of hydrogen-bond acceptors (Lipinski definition) is 2. The largest absolute Gasteiger partial charge is 0.497 e. The summed E-state index contributed by atoms with van der Waals surface area (Å²) in [5, 5.41) is 5.16. The van der Waals surface area contributed by atoms with Crippen molar-refractivity contribution in [3.63, 3.8) is 0 Å². The van der Waals surface area contributed by atoms with Crippen molar-refractivity contribution >= 4 is 10.9 Å². The summed E-state index contributed by atoms with van der Waals surface area (Å²) >= 11 is 0. The number of aromatic nitrogens is 1. The SMILES string of the molecule is COc1ccc2[nH]c3c(c2c1)CC(CCC1CC(c2ccccc2)CCN1)CC3. The van der Waals surface area contributed by atoms with Crippen LogP contribution >= 0.6 is 0 Å². The van der Waals surface area contributed by atoms with Crippen LogP contribution in [-0.2, 0) is 12.8 Å². The van der Waals surface area contributed by atoms with Crippen molar-refractivity contribution in [2.24, 2.45) is 5.92 Å². The van der Waals surface area contributed by atoms with Crippen molar-refractivity contribution in [3.05, 3.63) is 65.4 Å². The lowest BCUT2D eigenvalue weighted by Crippen LogP contribution is -2.37. The van der Waals surface area contributed by atoms with Crippen LogP contribution in [0.25, 0.3) is 10.9 Å². The van der Waals surface area contributed by atoms with Gasteiger partial charge in [0.25, 0.3) is 0 Å². The van der Waals surface area contributed by atoms with Crippen LogP contribution in [0, 0.1) is 5.92 Å². The molecule has 2 heterocycles. The molecule has 0 amide bonds. The van der Waals surface area contributed by atoms with Crippen LogP contribution in [0.3, 0.4) is 0 Å². The molecule has 5 rings (SSSR count). The van der Waals surface area contributed by atoms with Crippen molar-refractivity contribution in [2.45, 2.75) is 56.9 Å². The number of H-pyrrole nitrogens is 1. The van der Waals surface area contributed by atoms with E-state index in [0.717, 1.165) is 24.1 Å². The Morgan fingerprint density at radius 3 is 2.79 bits per heavy atom. The molecule has 1 aliphatic heterocycles. The highest BCUT2D eigenvalue weighted by molar-refractivity contribution is 5.86.